The molecule has 0 aliphatic carbocycles. The highest BCUT2D eigenvalue weighted by atomic mass is 16.5. The fourth-order valence-electron chi connectivity index (χ4n) is 1.17. The Labute approximate surface area is 86.7 Å². The number of aromatic nitrogens is 1. The van der Waals surface area contributed by atoms with Crippen molar-refractivity contribution in [3.05, 3.63) is 23.0 Å². The number of aliphatic hydroxyl groups excluding tert-OH is 1. The van der Waals surface area contributed by atoms with E-state index >= 15 is 0 Å². The van der Waals surface area contributed by atoms with E-state index in [9.17, 15) is 9.59 Å². The van der Waals surface area contributed by atoms with Crippen molar-refractivity contribution in [2.45, 2.75) is 20.5 Å². The second-order valence-corrected chi connectivity index (χ2v) is 2.98. The second-order valence-electron chi connectivity index (χ2n) is 2.98. The first-order valence-electron chi connectivity index (χ1n) is 4.33. The van der Waals surface area contributed by atoms with Crippen LogP contribution in [0.5, 0.6) is 5.75 Å². The Morgan fingerprint density at radius 1 is 1.67 bits per heavy atom. The van der Waals surface area contributed by atoms with Crippen LogP contribution < -0.4 is 4.74 Å². The minimum Gasteiger partial charge on any atom is -0.424 e. The first kappa shape index (κ1) is 11.3. The molecule has 1 aromatic heterocycles. The van der Waals surface area contributed by atoms with Crippen molar-refractivity contribution in [1.29, 1.82) is 0 Å². The predicted molar refractivity (Wildman–Crippen MR) is 51.6 cm³/mol. The Morgan fingerprint density at radius 2 is 2.33 bits per heavy atom. The number of carbonyl (C=O) groups excluding carboxylic acids is 2. The van der Waals surface area contributed by atoms with Crippen LogP contribution in [0.2, 0.25) is 0 Å². The van der Waals surface area contributed by atoms with E-state index in [-0.39, 0.29) is 17.9 Å². The number of nitrogens with zero attached hydrogens (tertiary/aromatic N) is 1. The van der Waals surface area contributed by atoms with Crippen LogP contribution in [-0.4, -0.2) is 22.3 Å². The van der Waals surface area contributed by atoms with E-state index < -0.39 is 5.97 Å². The second kappa shape index (κ2) is 4.65. The summed E-state index contributed by atoms with van der Waals surface area (Å²) in [6.45, 7) is 2.53. The van der Waals surface area contributed by atoms with Crippen LogP contribution in [0, 0.1) is 6.92 Å². The Morgan fingerprint density at radius 3 is 2.80 bits per heavy atom. The Bertz CT molecular complexity index is 401. The van der Waals surface area contributed by atoms with Gasteiger partial charge in [-0.05, 0) is 6.92 Å². The topological polar surface area (TPSA) is 76.5 Å². The molecule has 0 unspecified atom stereocenters. The monoisotopic (exact) mass is 209 g/mol. The lowest BCUT2D eigenvalue weighted by Gasteiger charge is -2.09. The van der Waals surface area contributed by atoms with Gasteiger partial charge in [-0.1, -0.05) is 0 Å². The molecule has 5 nitrogen and oxygen atoms in total. The average molecular weight is 209 g/mol. The maximum atomic E-state index is 10.8. The van der Waals surface area contributed by atoms with E-state index in [1.165, 1.54) is 13.1 Å². The van der Waals surface area contributed by atoms with Crippen molar-refractivity contribution in [2.24, 2.45) is 0 Å². The van der Waals surface area contributed by atoms with Gasteiger partial charge < -0.3 is 9.84 Å². The number of aliphatic hydroxyl groups is 1. The Kier molecular flexibility index (Phi) is 3.51. The molecule has 0 saturated carbocycles. The minimum atomic E-state index is -0.530. The molecule has 0 radical (unpaired) electrons. The van der Waals surface area contributed by atoms with Gasteiger partial charge in [-0.25, -0.2) is 0 Å². The zero-order valence-corrected chi connectivity index (χ0v) is 8.48. The van der Waals surface area contributed by atoms with Crippen molar-refractivity contribution in [3.63, 3.8) is 0 Å². The molecule has 0 amide bonds. The maximum absolute atomic E-state index is 10.8. The van der Waals surface area contributed by atoms with Gasteiger partial charge in [0.25, 0.3) is 0 Å². The standard InChI is InChI=1S/C10H11NO4/c1-6-10(15-7(2)14)9(5-13)8(4-12)3-11-6/h3,5,12H,4H2,1-2H3. The molecule has 0 aliphatic heterocycles. The van der Waals surface area contributed by atoms with Crippen LogP contribution in [0.15, 0.2) is 6.20 Å². The number of aryl methyl sites for hydroxylation is 1. The van der Waals surface area contributed by atoms with E-state index in [0.29, 0.717) is 17.5 Å². The summed E-state index contributed by atoms with van der Waals surface area (Å²) in [4.78, 5) is 25.5. The number of rotatable bonds is 3. The fourth-order valence-corrected chi connectivity index (χ4v) is 1.17. The van der Waals surface area contributed by atoms with Gasteiger partial charge in [0.2, 0.25) is 0 Å². The number of ether oxygens (including phenoxy) is 1. The first-order chi connectivity index (χ1) is 7.10. The van der Waals surface area contributed by atoms with Gasteiger partial charge in [0, 0.05) is 18.7 Å². The zero-order valence-electron chi connectivity index (χ0n) is 8.48. The molecule has 0 aliphatic rings. The summed E-state index contributed by atoms with van der Waals surface area (Å²) in [5.74, 6) is -0.415. The highest BCUT2D eigenvalue weighted by Gasteiger charge is 2.14. The maximum Gasteiger partial charge on any atom is 0.308 e. The van der Waals surface area contributed by atoms with Gasteiger partial charge in [-0.15, -0.1) is 0 Å². The van der Waals surface area contributed by atoms with Crippen molar-refractivity contribution in [1.82, 2.24) is 4.98 Å². The first-order valence-corrected chi connectivity index (χ1v) is 4.33. The van der Waals surface area contributed by atoms with Crippen molar-refractivity contribution < 1.29 is 19.4 Å². The van der Waals surface area contributed by atoms with Crippen molar-refractivity contribution >= 4 is 12.3 Å². The van der Waals surface area contributed by atoms with E-state index in [4.69, 9.17) is 9.84 Å². The summed E-state index contributed by atoms with van der Waals surface area (Å²) >= 11 is 0. The summed E-state index contributed by atoms with van der Waals surface area (Å²) in [5.41, 5.74) is 0.941. The lowest BCUT2D eigenvalue weighted by Crippen LogP contribution is -2.08. The molecule has 0 saturated heterocycles. The third-order valence-corrected chi connectivity index (χ3v) is 1.87. The summed E-state index contributed by atoms with van der Waals surface area (Å²) in [7, 11) is 0. The van der Waals surface area contributed by atoms with Crippen molar-refractivity contribution in [3.8, 4) is 5.75 Å². The molecule has 1 rings (SSSR count). The number of pyridine rings is 1. The molecule has 80 valence electrons. The highest BCUT2D eigenvalue weighted by Crippen LogP contribution is 2.23. The summed E-state index contributed by atoms with van der Waals surface area (Å²) < 4.78 is 4.87. The van der Waals surface area contributed by atoms with E-state index in [0.717, 1.165) is 0 Å². The number of carbonyl (C=O) groups is 2. The number of aldehydes is 1. The van der Waals surface area contributed by atoms with Gasteiger partial charge in [0.15, 0.2) is 12.0 Å². The summed E-state index contributed by atoms with van der Waals surface area (Å²) in [6, 6.07) is 0. The van der Waals surface area contributed by atoms with Gasteiger partial charge in [0.05, 0.1) is 17.9 Å². The number of esters is 1. The van der Waals surface area contributed by atoms with Crippen LogP contribution in [-0.2, 0) is 11.4 Å². The molecule has 0 atom stereocenters. The lowest BCUT2D eigenvalue weighted by molar-refractivity contribution is -0.131. The number of hydrogen-bond acceptors (Lipinski definition) is 5. The van der Waals surface area contributed by atoms with Crippen molar-refractivity contribution in [2.75, 3.05) is 0 Å². The van der Waals surface area contributed by atoms with Crippen LogP contribution in [0.1, 0.15) is 28.5 Å². The molecule has 1 aromatic rings. The predicted octanol–water partition coefficient (Wildman–Crippen LogP) is 0.620. The third kappa shape index (κ3) is 2.38. The molecule has 0 fully saturated rings. The SMILES string of the molecule is CC(=O)Oc1c(C)ncc(CO)c1C=O. The quantitative estimate of drug-likeness (QED) is 0.583. The zero-order chi connectivity index (χ0) is 11.4. The molecule has 0 spiro atoms. The van der Waals surface area contributed by atoms with E-state index in [1.54, 1.807) is 6.92 Å². The largest absolute Gasteiger partial charge is 0.424 e. The van der Waals surface area contributed by atoms with Crippen LogP contribution in [0.4, 0.5) is 0 Å². The molecule has 1 heterocycles. The van der Waals surface area contributed by atoms with Crippen LogP contribution in [0.3, 0.4) is 0 Å². The van der Waals surface area contributed by atoms with Gasteiger partial charge in [-0.3, -0.25) is 14.6 Å². The molecule has 5 heteroatoms. The number of hydrogen-bond donors (Lipinski definition) is 1. The van der Waals surface area contributed by atoms with E-state index in [2.05, 4.69) is 4.98 Å². The molecule has 0 bridgehead atoms. The van der Waals surface area contributed by atoms with E-state index in [1.807, 2.05) is 0 Å². The third-order valence-electron chi connectivity index (χ3n) is 1.87. The average Bonchev–Trinajstić information content (AvgIpc) is 2.20. The highest BCUT2D eigenvalue weighted by molar-refractivity contribution is 5.84. The lowest BCUT2D eigenvalue weighted by atomic mass is 10.1. The Hall–Kier alpha value is -1.75. The molecule has 15 heavy (non-hydrogen) atoms. The normalized spacial score (nSPS) is 9.80. The molecular formula is C10H11NO4. The van der Waals surface area contributed by atoms with Gasteiger partial charge >= 0.3 is 5.97 Å². The Balaban J connectivity index is 3.31. The van der Waals surface area contributed by atoms with Gasteiger partial charge in [-0.2, -0.15) is 0 Å². The molecule has 1 N–H and O–H groups in total. The minimum absolute atomic E-state index is 0.115. The fraction of sp³-hybridized carbons (Fsp3) is 0.300. The molecular weight excluding hydrogens is 198 g/mol. The smallest absolute Gasteiger partial charge is 0.308 e. The summed E-state index contributed by atoms with van der Waals surface area (Å²) in [5, 5.41) is 8.96. The van der Waals surface area contributed by atoms with Crippen LogP contribution in [0.25, 0.3) is 0 Å². The van der Waals surface area contributed by atoms with Crippen LogP contribution >= 0.6 is 0 Å². The molecule has 0 aromatic carbocycles. The summed E-state index contributed by atoms with van der Waals surface area (Å²) in [6.07, 6.45) is 1.92. The van der Waals surface area contributed by atoms with Gasteiger partial charge in [0.1, 0.15) is 0 Å².